The smallest absolute Gasteiger partial charge is 0.128 e. The van der Waals surface area contributed by atoms with Gasteiger partial charge in [-0.15, -0.1) is 0 Å². The van der Waals surface area contributed by atoms with E-state index in [0.717, 1.165) is 11.1 Å². The molecule has 0 aliphatic carbocycles. The molecule has 0 fully saturated rings. The average molecular weight is 312 g/mol. The quantitative estimate of drug-likeness (QED) is 0.824. The summed E-state index contributed by atoms with van der Waals surface area (Å²) in [6, 6.07) is 10.2. The molecule has 0 aliphatic rings. The van der Waals surface area contributed by atoms with Crippen molar-refractivity contribution < 1.29 is 4.39 Å². The molecule has 1 N–H and O–H groups in total. The van der Waals surface area contributed by atoms with E-state index in [1.54, 1.807) is 12.1 Å². The molecule has 2 aromatic rings. The van der Waals surface area contributed by atoms with E-state index in [0.29, 0.717) is 22.2 Å². The average Bonchev–Trinajstić information content (AvgIpc) is 2.43. The first-order chi connectivity index (χ1) is 9.54. The van der Waals surface area contributed by atoms with Crippen LogP contribution < -0.4 is 5.32 Å². The molecule has 1 atom stereocenters. The Balaban J connectivity index is 2.56. The molecule has 0 saturated carbocycles. The second-order valence-electron chi connectivity index (χ2n) is 4.66. The molecule has 0 spiro atoms. The molecule has 0 aromatic heterocycles. The third-order valence-corrected chi connectivity index (χ3v) is 4.00. The summed E-state index contributed by atoms with van der Waals surface area (Å²) in [7, 11) is 0. The molecule has 1 nitrogen and oxygen atoms in total. The second kappa shape index (κ2) is 6.57. The lowest BCUT2D eigenvalue weighted by atomic mass is 9.96. The summed E-state index contributed by atoms with van der Waals surface area (Å²) in [6.07, 6.45) is 0. The molecule has 20 heavy (non-hydrogen) atoms. The van der Waals surface area contributed by atoms with Crippen molar-refractivity contribution in [2.24, 2.45) is 0 Å². The molecule has 0 saturated heterocycles. The van der Waals surface area contributed by atoms with Gasteiger partial charge in [-0.3, -0.25) is 0 Å². The number of nitrogens with one attached hydrogen (secondary N) is 1. The Morgan fingerprint density at radius 3 is 2.60 bits per heavy atom. The van der Waals surface area contributed by atoms with E-state index in [9.17, 15) is 4.39 Å². The highest BCUT2D eigenvalue weighted by atomic mass is 35.5. The summed E-state index contributed by atoms with van der Waals surface area (Å²) in [4.78, 5) is 0. The van der Waals surface area contributed by atoms with Crippen LogP contribution in [0.3, 0.4) is 0 Å². The van der Waals surface area contributed by atoms with E-state index in [4.69, 9.17) is 23.2 Å². The normalized spacial score (nSPS) is 12.4. The maximum absolute atomic E-state index is 14.1. The zero-order valence-corrected chi connectivity index (χ0v) is 12.9. The zero-order valence-electron chi connectivity index (χ0n) is 11.4. The highest BCUT2D eigenvalue weighted by molar-refractivity contribution is 6.42. The van der Waals surface area contributed by atoms with Crippen LogP contribution in [-0.2, 0) is 0 Å². The van der Waals surface area contributed by atoms with Crippen LogP contribution >= 0.6 is 23.2 Å². The van der Waals surface area contributed by atoms with Gasteiger partial charge < -0.3 is 5.32 Å². The Bertz CT molecular complexity index is 611. The number of benzene rings is 2. The number of rotatable bonds is 4. The van der Waals surface area contributed by atoms with Gasteiger partial charge in [0, 0.05) is 5.56 Å². The molecule has 0 aliphatic heterocycles. The van der Waals surface area contributed by atoms with Gasteiger partial charge in [0.05, 0.1) is 16.1 Å². The minimum atomic E-state index is -0.314. The monoisotopic (exact) mass is 311 g/mol. The molecule has 2 rings (SSSR count). The Labute approximate surface area is 128 Å². The van der Waals surface area contributed by atoms with Crippen molar-refractivity contribution in [3.05, 3.63) is 69.0 Å². The lowest BCUT2D eigenvalue weighted by Gasteiger charge is -2.21. The summed E-state index contributed by atoms with van der Waals surface area (Å²) >= 11 is 12.3. The first-order valence-corrected chi connectivity index (χ1v) is 7.23. The highest BCUT2D eigenvalue weighted by Crippen LogP contribution is 2.34. The van der Waals surface area contributed by atoms with Crippen LogP contribution in [0.25, 0.3) is 0 Å². The first kappa shape index (κ1) is 15.3. The molecule has 2 aromatic carbocycles. The predicted molar refractivity (Wildman–Crippen MR) is 83.1 cm³/mol. The molecule has 0 bridgehead atoms. The third-order valence-electron chi connectivity index (χ3n) is 3.16. The molecule has 1 unspecified atom stereocenters. The van der Waals surface area contributed by atoms with Gasteiger partial charge in [0.1, 0.15) is 5.82 Å². The predicted octanol–water partition coefficient (Wildman–Crippen LogP) is 5.14. The maximum Gasteiger partial charge on any atom is 0.128 e. The standard InChI is InChI=1S/C16H16Cl2FN/c1-3-20-16(11-5-4-6-13(17)15(11)18)12-9-10(2)7-8-14(12)19/h4-9,16,20H,3H2,1-2H3. The summed E-state index contributed by atoms with van der Waals surface area (Å²) in [6.45, 7) is 4.60. The van der Waals surface area contributed by atoms with Gasteiger partial charge in [-0.2, -0.15) is 0 Å². The van der Waals surface area contributed by atoms with Crippen LogP contribution in [0, 0.1) is 12.7 Å². The van der Waals surface area contributed by atoms with E-state index in [1.165, 1.54) is 6.07 Å². The molecular formula is C16H16Cl2FN. The lowest BCUT2D eigenvalue weighted by molar-refractivity contribution is 0.558. The van der Waals surface area contributed by atoms with E-state index in [-0.39, 0.29) is 11.9 Å². The fourth-order valence-electron chi connectivity index (χ4n) is 2.22. The number of hydrogen-bond acceptors (Lipinski definition) is 1. The van der Waals surface area contributed by atoms with Gasteiger partial charge in [-0.25, -0.2) is 4.39 Å². The number of halogens is 3. The molecule has 0 amide bonds. The fraction of sp³-hybridized carbons (Fsp3) is 0.250. The lowest BCUT2D eigenvalue weighted by Crippen LogP contribution is -2.23. The van der Waals surface area contributed by atoms with Crippen LogP contribution in [0.1, 0.15) is 29.7 Å². The Kier molecular flexibility index (Phi) is 5.03. The van der Waals surface area contributed by atoms with E-state index in [1.807, 2.05) is 32.0 Å². The molecule has 0 heterocycles. The van der Waals surface area contributed by atoms with Crippen LogP contribution in [0.5, 0.6) is 0 Å². The van der Waals surface area contributed by atoms with E-state index in [2.05, 4.69) is 5.32 Å². The van der Waals surface area contributed by atoms with Gasteiger partial charge in [0.15, 0.2) is 0 Å². The van der Waals surface area contributed by atoms with Crippen LogP contribution in [0.2, 0.25) is 10.0 Å². The van der Waals surface area contributed by atoms with Crippen molar-refractivity contribution in [2.75, 3.05) is 6.54 Å². The van der Waals surface area contributed by atoms with E-state index >= 15 is 0 Å². The van der Waals surface area contributed by atoms with Crippen LogP contribution in [-0.4, -0.2) is 6.54 Å². The Morgan fingerprint density at radius 1 is 1.15 bits per heavy atom. The zero-order chi connectivity index (χ0) is 14.7. The summed E-state index contributed by atoms with van der Waals surface area (Å²) in [5.74, 6) is -0.252. The van der Waals surface area contributed by atoms with Crippen molar-refractivity contribution >= 4 is 23.2 Å². The minimum absolute atomic E-state index is 0.252. The molecule has 0 radical (unpaired) electrons. The first-order valence-electron chi connectivity index (χ1n) is 6.48. The van der Waals surface area contributed by atoms with Gasteiger partial charge in [-0.1, -0.05) is 60.0 Å². The summed E-state index contributed by atoms with van der Waals surface area (Å²) in [5.41, 5.74) is 2.36. The summed E-state index contributed by atoms with van der Waals surface area (Å²) < 4.78 is 14.1. The fourth-order valence-corrected chi connectivity index (χ4v) is 2.64. The maximum atomic E-state index is 14.1. The van der Waals surface area contributed by atoms with Crippen molar-refractivity contribution in [2.45, 2.75) is 19.9 Å². The van der Waals surface area contributed by atoms with Crippen molar-refractivity contribution in [1.29, 1.82) is 0 Å². The van der Waals surface area contributed by atoms with Gasteiger partial charge in [-0.05, 0) is 31.2 Å². The minimum Gasteiger partial charge on any atom is -0.306 e. The van der Waals surface area contributed by atoms with Crippen molar-refractivity contribution in [1.82, 2.24) is 5.32 Å². The van der Waals surface area contributed by atoms with E-state index < -0.39 is 0 Å². The summed E-state index contributed by atoms with van der Waals surface area (Å²) in [5, 5.41) is 4.20. The van der Waals surface area contributed by atoms with Gasteiger partial charge in [0.25, 0.3) is 0 Å². The van der Waals surface area contributed by atoms with Gasteiger partial charge in [0.2, 0.25) is 0 Å². The highest BCUT2D eigenvalue weighted by Gasteiger charge is 2.20. The third kappa shape index (κ3) is 3.14. The van der Waals surface area contributed by atoms with Gasteiger partial charge >= 0.3 is 0 Å². The number of aryl methyl sites for hydroxylation is 1. The molecular weight excluding hydrogens is 296 g/mol. The largest absolute Gasteiger partial charge is 0.306 e. The Hall–Kier alpha value is -1.09. The molecule has 4 heteroatoms. The second-order valence-corrected chi connectivity index (χ2v) is 5.44. The number of hydrogen-bond donors (Lipinski definition) is 1. The Morgan fingerprint density at radius 2 is 1.90 bits per heavy atom. The van der Waals surface area contributed by atoms with Crippen molar-refractivity contribution in [3.63, 3.8) is 0 Å². The van der Waals surface area contributed by atoms with Crippen molar-refractivity contribution in [3.8, 4) is 0 Å². The molecule has 106 valence electrons. The SMILES string of the molecule is CCNC(c1cc(C)ccc1F)c1cccc(Cl)c1Cl. The van der Waals surface area contributed by atoms with Crippen LogP contribution in [0.4, 0.5) is 4.39 Å². The topological polar surface area (TPSA) is 12.0 Å². The van der Waals surface area contributed by atoms with Crippen LogP contribution in [0.15, 0.2) is 36.4 Å².